The third kappa shape index (κ3) is 3.63. The van der Waals surface area contributed by atoms with Gasteiger partial charge >= 0.3 is 0 Å². The van der Waals surface area contributed by atoms with Crippen molar-refractivity contribution in [2.75, 3.05) is 18.5 Å². The van der Waals surface area contributed by atoms with Gasteiger partial charge in [-0.15, -0.1) is 0 Å². The maximum atomic E-state index is 10.8. The van der Waals surface area contributed by atoms with Gasteiger partial charge in [-0.1, -0.05) is 55.1 Å². The van der Waals surface area contributed by atoms with Crippen LogP contribution in [-0.2, 0) is 4.79 Å². The molecule has 142 valence electrons. The summed E-state index contributed by atoms with van der Waals surface area (Å²) in [6.07, 6.45) is 2.84. The van der Waals surface area contributed by atoms with Gasteiger partial charge in [0, 0.05) is 12.7 Å². The Hall–Kier alpha value is -3.13. The average molecular weight is 370 g/mol. The summed E-state index contributed by atoms with van der Waals surface area (Å²) in [6.45, 7) is 10.8. The fourth-order valence-electron chi connectivity index (χ4n) is 3.87. The Bertz CT molecular complexity index is 1030. The van der Waals surface area contributed by atoms with Crippen LogP contribution in [0.1, 0.15) is 22.3 Å². The molecule has 0 saturated heterocycles. The molecule has 0 N–H and O–H groups in total. The van der Waals surface area contributed by atoms with Crippen LogP contribution in [0.3, 0.4) is 0 Å². The molecule has 2 nitrogen and oxygen atoms in total. The minimum atomic E-state index is 0.396. The normalized spacial score (nSPS) is 10.6. The molecule has 28 heavy (non-hydrogen) atoms. The molecule has 3 rings (SSSR count). The van der Waals surface area contributed by atoms with E-state index in [0.717, 1.165) is 17.5 Å². The molecule has 3 aromatic carbocycles. The summed E-state index contributed by atoms with van der Waals surface area (Å²) in [5.41, 5.74) is 10.8. The Kier molecular flexibility index (Phi) is 5.79. The van der Waals surface area contributed by atoms with Gasteiger partial charge in [0.25, 0.3) is 0 Å². The second-order valence-corrected chi connectivity index (χ2v) is 7.25. The van der Waals surface area contributed by atoms with Crippen molar-refractivity contribution >= 4 is 18.0 Å². The highest BCUT2D eigenvalue weighted by molar-refractivity contribution is 5.82. The van der Waals surface area contributed by atoms with E-state index in [1.165, 1.54) is 38.9 Å². The molecule has 0 heterocycles. The molecule has 2 heteroatoms. The van der Waals surface area contributed by atoms with Crippen LogP contribution in [0.15, 0.2) is 61.2 Å². The van der Waals surface area contributed by atoms with Gasteiger partial charge in [0.15, 0.2) is 0 Å². The predicted molar refractivity (Wildman–Crippen MR) is 121 cm³/mol. The van der Waals surface area contributed by atoms with Crippen LogP contribution in [0.4, 0.5) is 5.69 Å². The number of aryl methyl sites for hydroxylation is 1. The highest BCUT2D eigenvalue weighted by Crippen LogP contribution is 2.35. The van der Waals surface area contributed by atoms with Crippen LogP contribution in [-0.4, -0.2) is 19.9 Å². The first kappa shape index (κ1) is 19.6. The molecule has 0 spiro atoms. The van der Waals surface area contributed by atoms with Gasteiger partial charge in [0.05, 0.1) is 6.54 Å². The lowest BCUT2D eigenvalue weighted by Crippen LogP contribution is -2.20. The molecule has 0 saturated carbocycles. The SMILES string of the molecule is C=Cc1cccc(-c2cccc(-c3ccc(N(C)CC=O)c(C)c3)c2C)c1C. The van der Waals surface area contributed by atoms with E-state index in [1.54, 1.807) is 0 Å². The van der Waals surface area contributed by atoms with Gasteiger partial charge in [-0.2, -0.15) is 0 Å². The van der Waals surface area contributed by atoms with Crippen molar-refractivity contribution in [2.24, 2.45) is 0 Å². The van der Waals surface area contributed by atoms with E-state index in [9.17, 15) is 4.79 Å². The largest absolute Gasteiger partial charge is 0.367 e. The van der Waals surface area contributed by atoms with Crippen LogP contribution in [0, 0.1) is 20.8 Å². The van der Waals surface area contributed by atoms with Crippen molar-refractivity contribution in [2.45, 2.75) is 20.8 Å². The van der Waals surface area contributed by atoms with E-state index in [1.807, 2.05) is 18.0 Å². The molecule has 0 bridgehead atoms. The molecule has 0 aromatic heterocycles. The summed E-state index contributed by atoms with van der Waals surface area (Å²) in [4.78, 5) is 12.8. The monoisotopic (exact) mass is 369 g/mol. The van der Waals surface area contributed by atoms with Gasteiger partial charge in [-0.05, 0) is 77.4 Å². The summed E-state index contributed by atoms with van der Waals surface area (Å²) in [5.74, 6) is 0. The summed E-state index contributed by atoms with van der Waals surface area (Å²) >= 11 is 0. The van der Waals surface area contributed by atoms with Crippen molar-refractivity contribution in [3.63, 3.8) is 0 Å². The van der Waals surface area contributed by atoms with E-state index in [-0.39, 0.29) is 0 Å². The van der Waals surface area contributed by atoms with Crippen LogP contribution in [0.5, 0.6) is 0 Å². The smallest absolute Gasteiger partial charge is 0.139 e. The maximum absolute atomic E-state index is 10.8. The molecule has 0 aliphatic carbocycles. The van der Waals surface area contributed by atoms with Gasteiger partial charge in [-0.3, -0.25) is 0 Å². The molecular formula is C26H27NO. The topological polar surface area (TPSA) is 20.3 Å². The Morgan fingerprint density at radius 2 is 1.54 bits per heavy atom. The highest BCUT2D eigenvalue weighted by Gasteiger charge is 2.12. The number of rotatable bonds is 6. The highest BCUT2D eigenvalue weighted by atomic mass is 16.1. The van der Waals surface area contributed by atoms with Crippen LogP contribution in [0.2, 0.25) is 0 Å². The second kappa shape index (κ2) is 8.26. The molecule has 0 aliphatic rings. The molecular weight excluding hydrogens is 342 g/mol. The lowest BCUT2D eigenvalue weighted by molar-refractivity contribution is -0.106. The molecule has 0 radical (unpaired) electrons. The maximum Gasteiger partial charge on any atom is 0.139 e. The van der Waals surface area contributed by atoms with Gasteiger partial charge in [0.2, 0.25) is 0 Å². The van der Waals surface area contributed by atoms with Crippen molar-refractivity contribution in [3.05, 3.63) is 83.4 Å². The van der Waals surface area contributed by atoms with Crippen molar-refractivity contribution in [3.8, 4) is 22.3 Å². The zero-order valence-electron chi connectivity index (χ0n) is 17.1. The zero-order chi connectivity index (χ0) is 20.3. The Balaban J connectivity index is 2.08. The molecule has 0 fully saturated rings. The van der Waals surface area contributed by atoms with E-state index in [2.05, 4.69) is 81.9 Å². The Morgan fingerprint density at radius 1 is 0.893 bits per heavy atom. The molecule has 0 aliphatic heterocycles. The van der Waals surface area contributed by atoms with Gasteiger partial charge in [-0.25, -0.2) is 0 Å². The minimum Gasteiger partial charge on any atom is -0.367 e. The Morgan fingerprint density at radius 3 is 2.18 bits per heavy atom. The number of benzene rings is 3. The predicted octanol–water partition coefficient (Wildman–Crippen LogP) is 6.22. The van der Waals surface area contributed by atoms with E-state index >= 15 is 0 Å². The number of likely N-dealkylation sites (N-methyl/N-ethyl adjacent to an activating group) is 1. The number of carbonyl (C=O) groups is 1. The molecule has 0 amide bonds. The number of aldehydes is 1. The quantitative estimate of drug-likeness (QED) is 0.480. The lowest BCUT2D eigenvalue weighted by atomic mass is 9.89. The fourth-order valence-corrected chi connectivity index (χ4v) is 3.87. The van der Waals surface area contributed by atoms with E-state index in [0.29, 0.717) is 6.54 Å². The van der Waals surface area contributed by atoms with Crippen molar-refractivity contribution < 1.29 is 4.79 Å². The van der Waals surface area contributed by atoms with E-state index in [4.69, 9.17) is 0 Å². The second-order valence-electron chi connectivity index (χ2n) is 7.25. The first-order valence-electron chi connectivity index (χ1n) is 9.55. The average Bonchev–Trinajstić information content (AvgIpc) is 2.68. The fraction of sp³-hybridized carbons (Fsp3) is 0.192. The molecule has 0 unspecified atom stereocenters. The molecule has 0 atom stereocenters. The third-order valence-corrected chi connectivity index (χ3v) is 5.49. The van der Waals surface area contributed by atoms with Gasteiger partial charge < -0.3 is 9.69 Å². The van der Waals surface area contributed by atoms with Crippen molar-refractivity contribution in [1.82, 2.24) is 0 Å². The zero-order valence-corrected chi connectivity index (χ0v) is 17.1. The number of anilines is 1. The standard InChI is InChI=1S/C26H27NO/c1-6-21-9-7-11-24(19(21)3)25-12-8-10-23(20(25)4)22-13-14-26(18(2)17-22)27(5)15-16-28/h6-14,16-17H,1,15H2,2-5H3. The summed E-state index contributed by atoms with van der Waals surface area (Å²) in [7, 11) is 1.94. The van der Waals surface area contributed by atoms with Gasteiger partial charge in [0.1, 0.15) is 6.29 Å². The van der Waals surface area contributed by atoms with Crippen molar-refractivity contribution in [1.29, 1.82) is 0 Å². The van der Waals surface area contributed by atoms with Crippen LogP contribution < -0.4 is 4.90 Å². The van der Waals surface area contributed by atoms with Crippen LogP contribution in [0.25, 0.3) is 28.3 Å². The summed E-state index contributed by atoms with van der Waals surface area (Å²) < 4.78 is 0. The molecule has 3 aromatic rings. The first-order valence-corrected chi connectivity index (χ1v) is 9.55. The lowest BCUT2D eigenvalue weighted by Gasteiger charge is -2.20. The third-order valence-electron chi connectivity index (χ3n) is 5.49. The first-order chi connectivity index (χ1) is 13.5. The Labute approximate surface area is 168 Å². The minimum absolute atomic E-state index is 0.396. The van der Waals surface area contributed by atoms with Crippen LogP contribution >= 0.6 is 0 Å². The summed E-state index contributed by atoms with van der Waals surface area (Å²) in [5, 5.41) is 0. The summed E-state index contributed by atoms with van der Waals surface area (Å²) in [6, 6.07) is 19.3. The number of nitrogens with zero attached hydrogens (tertiary/aromatic N) is 1. The number of carbonyl (C=O) groups excluding carboxylic acids is 1. The number of hydrogen-bond donors (Lipinski definition) is 0. The van der Waals surface area contributed by atoms with E-state index < -0.39 is 0 Å². The number of hydrogen-bond acceptors (Lipinski definition) is 2.